The first-order valence-corrected chi connectivity index (χ1v) is 9.69. The van der Waals surface area contributed by atoms with E-state index in [0.29, 0.717) is 13.0 Å². The Labute approximate surface area is 153 Å². The maximum absolute atomic E-state index is 8.54. The van der Waals surface area contributed by atoms with Crippen LogP contribution < -0.4 is 10.1 Å². The largest absolute Gasteiger partial charge is 0.494 e. The Morgan fingerprint density at radius 1 is 1.24 bits per heavy atom. The molecule has 2 atom stereocenters. The molecule has 4 heteroatoms. The van der Waals surface area contributed by atoms with Gasteiger partial charge in [-0.25, -0.2) is 0 Å². The second-order valence-corrected chi connectivity index (χ2v) is 7.49. The normalized spacial score (nSPS) is 21.0. The molecule has 1 aliphatic heterocycles. The summed E-state index contributed by atoms with van der Waals surface area (Å²) >= 11 is 0. The van der Waals surface area contributed by atoms with Crippen molar-refractivity contribution >= 4 is 0 Å². The number of hydrogen-bond donors (Lipinski definition) is 1. The number of nitrogens with one attached hydrogen (secondary N) is 1. The van der Waals surface area contributed by atoms with Gasteiger partial charge in [0.1, 0.15) is 5.75 Å². The fourth-order valence-corrected chi connectivity index (χ4v) is 3.72. The van der Waals surface area contributed by atoms with Crippen LogP contribution in [-0.2, 0) is 6.54 Å². The van der Waals surface area contributed by atoms with E-state index < -0.39 is 0 Å². The van der Waals surface area contributed by atoms with Crippen LogP contribution in [0.5, 0.6) is 5.75 Å². The van der Waals surface area contributed by atoms with Crippen molar-refractivity contribution in [2.45, 2.75) is 46.1 Å². The molecular formula is C21H33N3O. The summed E-state index contributed by atoms with van der Waals surface area (Å²) in [6.07, 6.45) is 3.91. The summed E-state index contributed by atoms with van der Waals surface area (Å²) in [6.45, 7) is 11.0. The Hall–Kier alpha value is -1.57. The second-order valence-electron chi connectivity index (χ2n) is 7.49. The van der Waals surface area contributed by atoms with Crippen molar-refractivity contribution < 1.29 is 4.74 Å². The van der Waals surface area contributed by atoms with Crippen molar-refractivity contribution in [2.24, 2.45) is 11.8 Å². The number of rotatable bonds is 10. The van der Waals surface area contributed by atoms with Crippen molar-refractivity contribution in [1.29, 1.82) is 5.26 Å². The Morgan fingerprint density at radius 2 is 2.04 bits per heavy atom. The summed E-state index contributed by atoms with van der Waals surface area (Å²) in [4.78, 5) is 2.62. The van der Waals surface area contributed by atoms with Crippen LogP contribution in [-0.4, -0.2) is 37.7 Å². The highest BCUT2D eigenvalue weighted by Gasteiger charge is 2.20. The summed E-state index contributed by atoms with van der Waals surface area (Å²) < 4.78 is 5.69. The van der Waals surface area contributed by atoms with Gasteiger partial charge in [0, 0.05) is 26.1 Å². The molecule has 2 unspecified atom stereocenters. The summed E-state index contributed by atoms with van der Waals surface area (Å²) in [5, 5.41) is 12.1. The number of nitriles is 1. The van der Waals surface area contributed by atoms with Crippen LogP contribution >= 0.6 is 0 Å². The standard InChI is InChI=1S/C21H33N3O/c1-18-13-19(2)17-24(16-18)11-6-10-23-15-20-7-5-8-21(14-20)25-12-4-3-9-22/h5,7-8,14,18-19,23H,3-4,6,10-13,15-17H2,1-2H3. The van der Waals surface area contributed by atoms with Crippen molar-refractivity contribution in [2.75, 3.05) is 32.8 Å². The van der Waals surface area contributed by atoms with Crippen LogP contribution in [0, 0.1) is 23.2 Å². The molecule has 1 heterocycles. The van der Waals surface area contributed by atoms with Gasteiger partial charge < -0.3 is 15.0 Å². The predicted octanol–water partition coefficient (Wildman–Crippen LogP) is 3.83. The molecular weight excluding hydrogens is 310 g/mol. The quantitative estimate of drug-likeness (QED) is 0.656. The molecule has 0 amide bonds. The number of piperidine rings is 1. The summed E-state index contributed by atoms with van der Waals surface area (Å²) in [5.74, 6) is 2.58. The highest BCUT2D eigenvalue weighted by molar-refractivity contribution is 5.28. The zero-order chi connectivity index (χ0) is 17.9. The first kappa shape index (κ1) is 19.8. The first-order valence-electron chi connectivity index (χ1n) is 9.69. The monoisotopic (exact) mass is 343 g/mol. The summed E-state index contributed by atoms with van der Waals surface area (Å²) in [6, 6.07) is 10.4. The molecule has 25 heavy (non-hydrogen) atoms. The van der Waals surface area contributed by atoms with E-state index in [4.69, 9.17) is 10.00 Å². The Balaban J connectivity index is 1.60. The minimum Gasteiger partial charge on any atom is -0.494 e. The molecule has 1 fully saturated rings. The van der Waals surface area contributed by atoms with Crippen molar-refractivity contribution in [3.8, 4) is 11.8 Å². The molecule has 0 aromatic heterocycles. The molecule has 0 aliphatic carbocycles. The van der Waals surface area contributed by atoms with E-state index in [1.807, 2.05) is 12.1 Å². The average Bonchev–Trinajstić information content (AvgIpc) is 2.58. The van der Waals surface area contributed by atoms with Crippen molar-refractivity contribution in [3.05, 3.63) is 29.8 Å². The molecule has 0 saturated carbocycles. The summed E-state index contributed by atoms with van der Waals surface area (Å²) in [5.41, 5.74) is 1.25. The third kappa shape index (κ3) is 7.90. The lowest BCUT2D eigenvalue weighted by Gasteiger charge is -2.34. The van der Waals surface area contributed by atoms with E-state index in [1.54, 1.807) is 0 Å². The van der Waals surface area contributed by atoms with Gasteiger partial charge in [-0.05, 0) is 61.9 Å². The second kappa shape index (κ2) is 11.1. The molecule has 1 aromatic rings. The number of likely N-dealkylation sites (tertiary alicyclic amines) is 1. The highest BCUT2D eigenvalue weighted by Crippen LogP contribution is 2.20. The van der Waals surface area contributed by atoms with Crippen molar-refractivity contribution in [3.63, 3.8) is 0 Å². The van der Waals surface area contributed by atoms with Gasteiger partial charge in [-0.3, -0.25) is 0 Å². The van der Waals surface area contributed by atoms with Crippen LogP contribution in [0.2, 0.25) is 0 Å². The average molecular weight is 344 g/mol. The van der Waals surface area contributed by atoms with Crippen LogP contribution in [0.4, 0.5) is 0 Å². The lowest BCUT2D eigenvalue weighted by atomic mass is 9.92. The number of ether oxygens (including phenoxy) is 1. The predicted molar refractivity (Wildman–Crippen MR) is 102 cm³/mol. The van der Waals surface area contributed by atoms with Crippen molar-refractivity contribution in [1.82, 2.24) is 10.2 Å². The molecule has 0 radical (unpaired) electrons. The SMILES string of the molecule is CC1CC(C)CN(CCCNCc2cccc(OCCCC#N)c2)C1. The number of unbranched alkanes of at least 4 members (excludes halogenated alkanes) is 1. The van der Waals surface area contributed by atoms with Gasteiger partial charge in [-0.1, -0.05) is 26.0 Å². The number of benzene rings is 1. The highest BCUT2D eigenvalue weighted by atomic mass is 16.5. The van der Waals surface area contributed by atoms with E-state index in [0.717, 1.165) is 37.1 Å². The van der Waals surface area contributed by atoms with Gasteiger partial charge in [0.25, 0.3) is 0 Å². The molecule has 2 rings (SSSR count). The van der Waals surface area contributed by atoms with E-state index in [1.165, 1.54) is 38.0 Å². The van der Waals surface area contributed by atoms with Gasteiger partial charge >= 0.3 is 0 Å². The van der Waals surface area contributed by atoms with Gasteiger partial charge in [-0.2, -0.15) is 5.26 Å². The molecule has 4 nitrogen and oxygen atoms in total. The Kier molecular flexibility index (Phi) is 8.79. The fraction of sp³-hybridized carbons (Fsp3) is 0.667. The van der Waals surface area contributed by atoms with E-state index in [-0.39, 0.29) is 0 Å². The molecule has 1 aromatic carbocycles. The minimum atomic E-state index is 0.551. The number of nitrogens with zero attached hydrogens (tertiary/aromatic N) is 2. The minimum absolute atomic E-state index is 0.551. The van der Waals surface area contributed by atoms with Gasteiger partial charge in [0.05, 0.1) is 12.7 Å². The Bertz CT molecular complexity index is 530. The number of hydrogen-bond acceptors (Lipinski definition) is 4. The molecule has 0 spiro atoms. The van der Waals surface area contributed by atoms with E-state index in [9.17, 15) is 0 Å². The Morgan fingerprint density at radius 3 is 2.80 bits per heavy atom. The molecule has 1 aliphatic rings. The first-order chi connectivity index (χ1) is 12.2. The molecule has 0 bridgehead atoms. The zero-order valence-corrected chi connectivity index (χ0v) is 15.8. The maximum Gasteiger partial charge on any atom is 0.119 e. The van der Waals surface area contributed by atoms with E-state index in [2.05, 4.69) is 42.3 Å². The topological polar surface area (TPSA) is 48.3 Å². The zero-order valence-electron chi connectivity index (χ0n) is 15.8. The third-order valence-corrected chi connectivity index (χ3v) is 4.70. The lowest BCUT2D eigenvalue weighted by molar-refractivity contribution is 0.139. The third-order valence-electron chi connectivity index (χ3n) is 4.70. The fourth-order valence-electron chi connectivity index (χ4n) is 3.72. The maximum atomic E-state index is 8.54. The van der Waals surface area contributed by atoms with Crippen LogP contribution in [0.1, 0.15) is 45.1 Å². The van der Waals surface area contributed by atoms with Crippen LogP contribution in [0.15, 0.2) is 24.3 Å². The smallest absolute Gasteiger partial charge is 0.119 e. The molecule has 1 saturated heterocycles. The van der Waals surface area contributed by atoms with Gasteiger partial charge in [0.15, 0.2) is 0 Å². The van der Waals surface area contributed by atoms with Crippen LogP contribution in [0.25, 0.3) is 0 Å². The van der Waals surface area contributed by atoms with E-state index >= 15 is 0 Å². The van der Waals surface area contributed by atoms with Gasteiger partial charge in [-0.15, -0.1) is 0 Å². The summed E-state index contributed by atoms with van der Waals surface area (Å²) in [7, 11) is 0. The molecule has 138 valence electrons. The molecule has 1 N–H and O–H groups in total. The van der Waals surface area contributed by atoms with Gasteiger partial charge in [0.2, 0.25) is 0 Å². The van der Waals surface area contributed by atoms with Crippen LogP contribution in [0.3, 0.4) is 0 Å². The lowest BCUT2D eigenvalue weighted by Crippen LogP contribution is -2.39.